The number of carbonyl (C=O) groups is 1. The smallest absolute Gasteiger partial charge is 0.327 e. The van der Waals surface area contributed by atoms with Gasteiger partial charge >= 0.3 is 5.97 Å². The molecule has 0 saturated carbocycles. The lowest BCUT2D eigenvalue weighted by molar-refractivity contribution is -0.138. The predicted molar refractivity (Wildman–Crippen MR) is 63.2 cm³/mol. The van der Waals surface area contributed by atoms with Gasteiger partial charge in [-0.3, -0.25) is 9.79 Å². The van der Waals surface area contributed by atoms with Crippen LogP contribution < -0.4 is 5.32 Å². The Balaban J connectivity index is 2.52. The third kappa shape index (κ3) is 3.74. The van der Waals surface area contributed by atoms with Crippen LogP contribution in [-0.4, -0.2) is 36.1 Å². The van der Waals surface area contributed by atoms with E-state index in [1.807, 2.05) is 0 Å². The molecule has 1 rings (SSSR count). The minimum absolute atomic E-state index is 0.103. The van der Waals surface area contributed by atoms with Crippen molar-refractivity contribution in [2.45, 2.75) is 32.2 Å². The highest BCUT2D eigenvalue weighted by atomic mass is 32.2. The molecule has 0 spiro atoms. The molecule has 1 saturated heterocycles. The van der Waals surface area contributed by atoms with Crippen LogP contribution in [0.4, 0.5) is 0 Å². The van der Waals surface area contributed by atoms with Crippen LogP contribution in [0.5, 0.6) is 0 Å². The molecule has 0 radical (unpaired) electrons. The molecule has 1 heterocycles. The maximum atomic E-state index is 10.9. The summed E-state index contributed by atoms with van der Waals surface area (Å²) < 4.78 is 4.54. The van der Waals surface area contributed by atoms with Gasteiger partial charge in [-0.2, -0.15) is 0 Å². The van der Waals surface area contributed by atoms with Gasteiger partial charge in [0.1, 0.15) is 6.54 Å². The quantitative estimate of drug-likeness (QED) is 0.745. The van der Waals surface area contributed by atoms with Crippen molar-refractivity contribution < 1.29 is 9.53 Å². The van der Waals surface area contributed by atoms with E-state index in [9.17, 15) is 4.79 Å². The Morgan fingerprint density at radius 2 is 2.47 bits per heavy atom. The molecule has 0 aromatic heterocycles. The summed E-state index contributed by atoms with van der Waals surface area (Å²) in [6, 6.07) is 0. The molecule has 86 valence electrons. The molecule has 1 aliphatic rings. The molecule has 1 aliphatic heterocycles. The topological polar surface area (TPSA) is 50.7 Å². The molecule has 1 N–H and O–H groups in total. The number of amidine groups is 1. The van der Waals surface area contributed by atoms with E-state index in [1.165, 1.54) is 7.11 Å². The van der Waals surface area contributed by atoms with Gasteiger partial charge in [-0.25, -0.2) is 0 Å². The van der Waals surface area contributed by atoms with E-state index in [0.29, 0.717) is 0 Å². The monoisotopic (exact) mass is 230 g/mol. The van der Waals surface area contributed by atoms with Gasteiger partial charge in [0.2, 0.25) is 0 Å². The third-order valence-electron chi connectivity index (χ3n) is 2.66. The summed E-state index contributed by atoms with van der Waals surface area (Å²) in [7, 11) is 1.38. The van der Waals surface area contributed by atoms with E-state index in [2.05, 4.69) is 28.9 Å². The van der Waals surface area contributed by atoms with Crippen LogP contribution in [0.15, 0.2) is 4.99 Å². The Morgan fingerprint density at radius 3 is 3.07 bits per heavy atom. The van der Waals surface area contributed by atoms with Gasteiger partial charge in [0.15, 0.2) is 5.17 Å². The number of nitrogens with one attached hydrogen (secondary N) is 1. The lowest BCUT2D eigenvalue weighted by atomic mass is 9.96. The van der Waals surface area contributed by atoms with Crippen molar-refractivity contribution in [1.29, 1.82) is 0 Å². The molecular weight excluding hydrogens is 212 g/mol. The van der Waals surface area contributed by atoms with Crippen LogP contribution in [-0.2, 0) is 9.53 Å². The second-order valence-electron chi connectivity index (χ2n) is 3.84. The van der Waals surface area contributed by atoms with E-state index in [4.69, 9.17) is 0 Å². The predicted octanol–water partition coefficient (Wildman–Crippen LogP) is 1.41. The van der Waals surface area contributed by atoms with E-state index in [-0.39, 0.29) is 18.1 Å². The standard InChI is InChI=1S/C10H18N2O2S/c1-4-10(2)5-6-15-9(12-10)11-7-8(13)14-3/h4-7H2,1-3H3,(H,11,12). The first-order valence-electron chi connectivity index (χ1n) is 5.12. The third-order valence-corrected chi connectivity index (χ3v) is 3.57. The lowest BCUT2D eigenvalue weighted by Gasteiger charge is -2.35. The number of aliphatic imine (C=N–C) groups is 1. The van der Waals surface area contributed by atoms with Crippen LogP contribution in [0, 0.1) is 0 Å². The van der Waals surface area contributed by atoms with Gasteiger partial charge in [0.25, 0.3) is 0 Å². The van der Waals surface area contributed by atoms with Crippen molar-refractivity contribution in [3.05, 3.63) is 0 Å². The highest BCUT2D eigenvalue weighted by Crippen LogP contribution is 2.24. The zero-order valence-electron chi connectivity index (χ0n) is 9.50. The van der Waals surface area contributed by atoms with Gasteiger partial charge in [-0.1, -0.05) is 18.7 Å². The SMILES string of the molecule is CCC1(C)CCSC(=NCC(=O)OC)N1. The Kier molecular flexibility index (Phi) is 4.45. The first-order chi connectivity index (χ1) is 7.09. The van der Waals surface area contributed by atoms with Crippen molar-refractivity contribution in [3.8, 4) is 0 Å². The molecule has 0 aromatic carbocycles. The molecule has 0 amide bonds. The summed E-state index contributed by atoms with van der Waals surface area (Å²) in [5.74, 6) is 0.755. The normalized spacial score (nSPS) is 28.6. The number of esters is 1. The second kappa shape index (κ2) is 5.39. The number of methoxy groups -OCH3 is 1. The van der Waals surface area contributed by atoms with Crippen LogP contribution in [0.1, 0.15) is 26.7 Å². The Hall–Kier alpha value is -0.710. The fourth-order valence-electron chi connectivity index (χ4n) is 1.28. The van der Waals surface area contributed by atoms with Crippen LogP contribution >= 0.6 is 11.8 Å². The number of thioether (sulfide) groups is 1. The van der Waals surface area contributed by atoms with Crippen molar-refractivity contribution in [2.75, 3.05) is 19.4 Å². The molecule has 1 fully saturated rings. The van der Waals surface area contributed by atoms with Gasteiger partial charge in [-0.15, -0.1) is 0 Å². The van der Waals surface area contributed by atoms with Crippen molar-refractivity contribution in [1.82, 2.24) is 5.32 Å². The molecule has 0 aliphatic carbocycles. The molecule has 4 nitrogen and oxygen atoms in total. The summed E-state index contributed by atoms with van der Waals surface area (Å²) in [5, 5.41) is 4.22. The van der Waals surface area contributed by atoms with Crippen molar-refractivity contribution in [3.63, 3.8) is 0 Å². The highest BCUT2D eigenvalue weighted by Gasteiger charge is 2.27. The first kappa shape index (κ1) is 12.4. The average Bonchev–Trinajstić information content (AvgIpc) is 2.26. The number of hydrogen-bond acceptors (Lipinski definition) is 4. The van der Waals surface area contributed by atoms with Gasteiger partial charge in [0.05, 0.1) is 7.11 Å². The minimum atomic E-state index is -0.298. The molecular formula is C10H18N2O2S. The number of carbonyl (C=O) groups excluding carboxylic acids is 1. The van der Waals surface area contributed by atoms with E-state index in [1.54, 1.807) is 11.8 Å². The zero-order valence-corrected chi connectivity index (χ0v) is 10.3. The Morgan fingerprint density at radius 1 is 1.73 bits per heavy atom. The van der Waals surface area contributed by atoms with Crippen molar-refractivity contribution in [2.24, 2.45) is 4.99 Å². The maximum Gasteiger partial charge on any atom is 0.327 e. The van der Waals surface area contributed by atoms with E-state index >= 15 is 0 Å². The summed E-state index contributed by atoms with van der Waals surface area (Å²) in [6.45, 7) is 4.44. The molecule has 5 heteroatoms. The van der Waals surface area contributed by atoms with Crippen LogP contribution in [0.3, 0.4) is 0 Å². The van der Waals surface area contributed by atoms with Crippen molar-refractivity contribution >= 4 is 22.9 Å². The summed E-state index contributed by atoms with van der Waals surface area (Å²) in [5.41, 5.74) is 0.125. The number of rotatable bonds is 3. The largest absolute Gasteiger partial charge is 0.468 e. The van der Waals surface area contributed by atoms with Crippen LogP contribution in [0.25, 0.3) is 0 Å². The minimum Gasteiger partial charge on any atom is -0.468 e. The summed E-state index contributed by atoms with van der Waals surface area (Å²) in [4.78, 5) is 15.1. The van der Waals surface area contributed by atoms with Gasteiger partial charge in [0, 0.05) is 11.3 Å². The highest BCUT2D eigenvalue weighted by molar-refractivity contribution is 8.13. The van der Waals surface area contributed by atoms with Gasteiger partial charge < -0.3 is 10.1 Å². The molecule has 0 aromatic rings. The molecule has 15 heavy (non-hydrogen) atoms. The first-order valence-corrected chi connectivity index (χ1v) is 6.10. The van der Waals surface area contributed by atoms with Gasteiger partial charge in [-0.05, 0) is 19.8 Å². The fraction of sp³-hybridized carbons (Fsp3) is 0.800. The average molecular weight is 230 g/mol. The van der Waals surface area contributed by atoms with E-state index < -0.39 is 0 Å². The fourth-order valence-corrected chi connectivity index (χ4v) is 2.50. The Labute approximate surface area is 94.9 Å². The second-order valence-corrected chi connectivity index (χ2v) is 4.92. The Bertz CT molecular complexity index is 268. The van der Waals surface area contributed by atoms with E-state index in [0.717, 1.165) is 23.8 Å². The number of hydrogen-bond donors (Lipinski definition) is 1. The molecule has 0 bridgehead atoms. The van der Waals surface area contributed by atoms with Crippen LogP contribution in [0.2, 0.25) is 0 Å². The molecule has 1 atom stereocenters. The zero-order chi connectivity index (χ0) is 11.3. The summed E-state index contributed by atoms with van der Waals surface area (Å²) in [6.07, 6.45) is 2.19. The number of ether oxygens (including phenoxy) is 1. The lowest BCUT2D eigenvalue weighted by Crippen LogP contribution is -2.48. The summed E-state index contributed by atoms with van der Waals surface area (Å²) >= 11 is 1.66. The molecule has 1 unspecified atom stereocenters. The number of nitrogens with zero attached hydrogens (tertiary/aromatic N) is 1. The maximum absolute atomic E-state index is 10.9.